The van der Waals surface area contributed by atoms with E-state index >= 15 is 0 Å². The number of hydrogen-bond donors (Lipinski definition) is 0. The van der Waals surface area contributed by atoms with Gasteiger partial charge >= 0.3 is 0 Å². The normalized spacial score (nSPS) is 18.8. The molecule has 3 rings (SSSR count). The SMILES string of the molecule is COc1cc2c(cc1OC)C(C=Cc1ccc([N+](=O)[O-])cc1)N=NC(C)C2. The minimum Gasteiger partial charge on any atom is -0.493 e. The van der Waals surface area contributed by atoms with Gasteiger partial charge in [-0.25, -0.2) is 0 Å². The molecule has 0 spiro atoms. The number of rotatable bonds is 5. The van der Waals surface area contributed by atoms with E-state index in [2.05, 4.69) is 10.2 Å². The van der Waals surface area contributed by atoms with E-state index in [0.717, 1.165) is 23.1 Å². The summed E-state index contributed by atoms with van der Waals surface area (Å²) in [5, 5.41) is 19.6. The number of azo groups is 1. The first-order valence-corrected chi connectivity index (χ1v) is 8.59. The van der Waals surface area contributed by atoms with Crippen molar-refractivity contribution >= 4 is 11.8 Å². The van der Waals surface area contributed by atoms with E-state index in [9.17, 15) is 10.1 Å². The van der Waals surface area contributed by atoms with Gasteiger partial charge in [-0.15, -0.1) is 0 Å². The number of ether oxygens (including phenoxy) is 2. The van der Waals surface area contributed by atoms with Crippen LogP contribution >= 0.6 is 0 Å². The van der Waals surface area contributed by atoms with Crippen LogP contribution in [0, 0.1) is 10.1 Å². The molecule has 2 unspecified atom stereocenters. The fourth-order valence-electron chi connectivity index (χ4n) is 3.05. The van der Waals surface area contributed by atoms with Crippen LogP contribution in [0.25, 0.3) is 6.08 Å². The molecule has 0 saturated heterocycles. The van der Waals surface area contributed by atoms with Gasteiger partial charge < -0.3 is 9.47 Å². The third-order valence-corrected chi connectivity index (χ3v) is 4.44. The Morgan fingerprint density at radius 3 is 2.41 bits per heavy atom. The smallest absolute Gasteiger partial charge is 0.269 e. The number of non-ortho nitro benzene ring substituents is 1. The molecular weight excluding hydrogens is 346 g/mol. The molecule has 1 aliphatic heterocycles. The van der Waals surface area contributed by atoms with Crippen molar-refractivity contribution in [3.8, 4) is 11.5 Å². The van der Waals surface area contributed by atoms with Crippen LogP contribution in [-0.4, -0.2) is 25.2 Å². The fraction of sp³-hybridized carbons (Fsp3) is 0.300. The molecular formula is C20H21N3O4. The largest absolute Gasteiger partial charge is 0.493 e. The van der Waals surface area contributed by atoms with Gasteiger partial charge in [-0.3, -0.25) is 10.1 Å². The van der Waals surface area contributed by atoms with Gasteiger partial charge in [0, 0.05) is 12.1 Å². The number of nitrogens with zero attached hydrogens (tertiary/aromatic N) is 3. The van der Waals surface area contributed by atoms with E-state index in [0.29, 0.717) is 11.5 Å². The maximum absolute atomic E-state index is 10.8. The first kappa shape index (κ1) is 18.6. The maximum Gasteiger partial charge on any atom is 0.269 e. The van der Waals surface area contributed by atoms with Crippen molar-refractivity contribution in [2.45, 2.75) is 25.4 Å². The van der Waals surface area contributed by atoms with E-state index in [4.69, 9.17) is 9.47 Å². The van der Waals surface area contributed by atoms with Crippen molar-refractivity contribution in [2.75, 3.05) is 14.2 Å². The predicted molar refractivity (Wildman–Crippen MR) is 102 cm³/mol. The van der Waals surface area contributed by atoms with Crippen LogP contribution in [0.4, 0.5) is 5.69 Å². The van der Waals surface area contributed by atoms with Gasteiger partial charge in [0.25, 0.3) is 5.69 Å². The highest BCUT2D eigenvalue weighted by Gasteiger charge is 2.21. The molecule has 7 nitrogen and oxygen atoms in total. The van der Waals surface area contributed by atoms with E-state index in [1.165, 1.54) is 12.1 Å². The van der Waals surface area contributed by atoms with Gasteiger partial charge in [0.15, 0.2) is 11.5 Å². The highest BCUT2D eigenvalue weighted by molar-refractivity contribution is 5.55. The van der Waals surface area contributed by atoms with Crippen molar-refractivity contribution in [2.24, 2.45) is 10.2 Å². The molecule has 0 aromatic heterocycles. The number of fused-ring (bicyclic) bond motifs is 1. The Balaban J connectivity index is 1.95. The first-order valence-electron chi connectivity index (χ1n) is 8.59. The molecule has 1 heterocycles. The summed E-state index contributed by atoms with van der Waals surface area (Å²) in [7, 11) is 3.22. The third-order valence-electron chi connectivity index (χ3n) is 4.44. The topological polar surface area (TPSA) is 86.3 Å². The Kier molecular flexibility index (Phi) is 5.49. The first-order chi connectivity index (χ1) is 13.0. The Hall–Kier alpha value is -3.22. The molecule has 27 heavy (non-hydrogen) atoms. The van der Waals surface area contributed by atoms with Gasteiger partial charge in [0.05, 0.1) is 25.2 Å². The molecule has 0 N–H and O–H groups in total. The summed E-state index contributed by atoms with van der Waals surface area (Å²) in [6, 6.07) is 10.1. The molecule has 0 saturated carbocycles. The van der Waals surface area contributed by atoms with Gasteiger partial charge in [-0.05, 0) is 54.3 Å². The molecule has 1 aliphatic rings. The maximum atomic E-state index is 10.8. The Morgan fingerprint density at radius 2 is 1.78 bits per heavy atom. The Morgan fingerprint density at radius 1 is 1.11 bits per heavy atom. The van der Waals surface area contributed by atoms with E-state index < -0.39 is 4.92 Å². The van der Waals surface area contributed by atoms with E-state index in [1.54, 1.807) is 26.4 Å². The lowest BCUT2D eigenvalue weighted by atomic mass is 9.95. The lowest BCUT2D eigenvalue weighted by Gasteiger charge is -2.15. The summed E-state index contributed by atoms with van der Waals surface area (Å²) < 4.78 is 10.8. The minimum absolute atomic E-state index is 0.0669. The number of nitro groups is 1. The Labute approximate surface area is 157 Å². The molecule has 140 valence electrons. The zero-order valence-electron chi connectivity index (χ0n) is 15.5. The average molecular weight is 367 g/mol. The molecule has 7 heteroatoms. The zero-order valence-corrected chi connectivity index (χ0v) is 15.5. The molecule has 0 radical (unpaired) electrons. The molecule has 2 atom stereocenters. The number of nitro benzene ring substituents is 1. The standard InChI is InChI=1S/C20H21N3O4/c1-13-10-15-11-19(26-2)20(27-3)12-17(15)18(22-21-13)9-6-14-4-7-16(8-5-14)23(24)25/h4-9,11-13,18H,10H2,1-3H3. The molecule has 2 aromatic carbocycles. The van der Waals surface area contributed by atoms with Crippen LogP contribution in [-0.2, 0) is 6.42 Å². The van der Waals surface area contributed by atoms with Gasteiger partial charge in [-0.2, -0.15) is 10.2 Å². The summed E-state index contributed by atoms with van der Waals surface area (Å²) in [6.07, 6.45) is 4.60. The average Bonchev–Trinajstić information content (AvgIpc) is 2.83. The highest BCUT2D eigenvalue weighted by Crippen LogP contribution is 2.37. The summed E-state index contributed by atoms with van der Waals surface area (Å²) in [4.78, 5) is 10.4. The van der Waals surface area contributed by atoms with E-state index in [1.807, 2.05) is 31.2 Å². The minimum atomic E-state index is -0.412. The van der Waals surface area contributed by atoms with Crippen LogP contribution in [0.5, 0.6) is 11.5 Å². The monoisotopic (exact) mass is 367 g/mol. The summed E-state index contributed by atoms with van der Waals surface area (Å²) in [5.74, 6) is 1.33. The number of hydrogen-bond acceptors (Lipinski definition) is 6. The van der Waals surface area contributed by atoms with Crippen LogP contribution < -0.4 is 9.47 Å². The van der Waals surface area contributed by atoms with Crippen LogP contribution in [0.1, 0.15) is 29.7 Å². The summed E-state index contributed by atoms with van der Waals surface area (Å²) in [5.41, 5.74) is 3.05. The fourth-order valence-corrected chi connectivity index (χ4v) is 3.05. The van der Waals surface area contributed by atoms with Crippen molar-refractivity contribution in [3.63, 3.8) is 0 Å². The summed E-state index contributed by atoms with van der Waals surface area (Å²) >= 11 is 0. The van der Waals surface area contributed by atoms with Gasteiger partial charge in [-0.1, -0.05) is 12.2 Å². The zero-order chi connectivity index (χ0) is 19.4. The second-order valence-electron chi connectivity index (χ2n) is 6.34. The van der Waals surface area contributed by atoms with E-state index in [-0.39, 0.29) is 17.8 Å². The molecule has 0 amide bonds. The third kappa shape index (κ3) is 4.13. The van der Waals surface area contributed by atoms with Gasteiger partial charge in [0.2, 0.25) is 0 Å². The number of benzene rings is 2. The van der Waals surface area contributed by atoms with Crippen LogP contribution in [0.2, 0.25) is 0 Å². The predicted octanol–water partition coefficient (Wildman–Crippen LogP) is 4.76. The molecule has 0 fully saturated rings. The lowest BCUT2D eigenvalue weighted by molar-refractivity contribution is -0.384. The lowest BCUT2D eigenvalue weighted by Crippen LogP contribution is -2.04. The van der Waals surface area contributed by atoms with Crippen molar-refractivity contribution in [1.82, 2.24) is 0 Å². The summed E-state index contributed by atoms with van der Waals surface area (Å²) in [6.45, 7) is 2.02. The van der Waals surface area contributed by atoms with Crippen LogP contribution in [0.3, 0.4) is 0 Å². The Bertz CT molecular complexity index is 891. The second kappa shape index (κ2) is 7.99. The quantitative estimate of drug-likeness (QED) is 0.563. The molecule has 0 aliphatic carbocycles. The van der Waals surface area contributed by atoms with Gasteiger partial charge in [0.1, 0.15) is 6.04 Å². The van der Waals surface area contributed by atoms with Crippen LogP contribution in [0.15, 0.2) is 52.7 Å². The van der Waals surface area contributed by atoms with Crippen molar-refractivity contribution < 1.29 is 14.4 Å². The second-order valence-corrected chi connectivity index (χ2v) is 6.34. The highest BCUT2D eigenvalue weighted by atomic mass is 16.6. The van der Waals surface area contributed by atoms with Crippen molar-refractivity contribution in [3.05, 3.63) is 69.3 Å². The van der Waals surface area contributed by atoms with Crippen molar-refractivity contribution in [1.29, 1.82) is 0 Å². The molecule has 0 bridgehead atoms. The molecule has 2 aromatic rings. The number of methoxy groups -OCH3 is 2.